The lowest BCUT2D eigenvalue weighted by Gasteiger charge is -2.16. The molecule has 0 aromatic heterocycles. The van der Waals surface area contributed by atoms with Crippen molar-refractivity contribution in [2.24, 2.45) is 5.73 Å². The molecule has 0 heterocycles. The lowest BCUT2D eigenvalue weighted by atomic mass is 10.1. The van der Waals surface area contributed by atoms with Gasteiger partial charge in [0.2, 0.25) is 0 Å². The Morgan fingerprint density at radius 1 is 1.35 bits per heavy atom. The van der Waals surface area contributed by atoms with Gasteiger partial charge in [-0.25, -0.2) is 4.79 Å². The largest absolute Gasteiger partial charge is 0.464 e. The number of anilines is 2. The Morgan fingerprint density at radius 3 is 2.60 bits per heavy atom. The third kappa shape index (κ3) is 4.43. The van der Waals surface area contributed by atoms with Crippen LogP contribution < -0.4 is 16.1 Å². The number of carbonyl (C=O) groups is 2. The Kier molecular flexibility index (Phi) is 5.79. The summed E-state index contributed by atoms with van der Waals surface area (Å²) in [5.74, 6) is -1.08. The SMILES string of the molecule is CCOC(=O)CONc1ccc(N(C)C)cc1C(N)=O. The standard InChI is InChI=1S/C13H19N3O4/c1-4-19-12(17)8-20-15-11-6-5-9(16(2)3)7-10(11)13(14)18/h5-7,15H,4,8H2,1-3H3,(H2,14,18). The molecule has 0 radical (unpaired) electrons. The van der Waals surface area contributed by atoms with Gasteiger partial charge in [-0.3, -0.25) is 15.1 Å². The molecule has 0 atom stereocenters. The van der Waals surface area contributed by atoms with E-state index < -0.39 is 11.9 Å². The van der Waals surface area contributed by atoms with Crippen LogP contribution in [0.4, 0.5) is 11.4 Å². The highest BCUT2D eigenvalue weighted by atomic mass is 16.7. The van der Waals surface area contributed by atoms with Gasteiger partial charge < -0.3 is 15.4 Å². The summed E-state index contributed by atoms with van der Waals surface area (Å²) in [6, 6.07) is 5.08. The molecule has 0 aliphatic carbocycles. The molecule has 1 rings (SSSR count). The molecule has 0 bridgehead atoms. The van der Waals surface area contributed by atoms with Crippen molar-refractivity contribution in [1.29, 1.82) is 0 Å². The minimum atomic E-state index is -0.587. The number of nitrogens with zero attached hydrogens (tertiary/aromatic N) is 1. The predicted molar refractivity (Wildman–Crippen MR) is 75.5 cm³/mol. The van der Waals surface area contributed by atoms with Gasteiger partial charge in [-0.05, 0) is 25.1 Å². The molecule has 3 N–H and O–H groups in total. The van der Waals surface area contributed by atoms with Gasteiger partial charge in [-0.15, -0.1) is 0 Å². The van der Waals surface area contributed by atoms with Gasteiger partial charge in [0.1, 0.15) is 0 Å². The maximum atomic E-state index is 11.4. The molecule has 0 saturated heterocycles. The minimum absolute atomic E-state index is 0.262. The smallest absolute Gasteiger partial charge is 0.334 e. The van der Waals surface area contributed by atoms with Crippen LogP contribution in [0.5, 0.6) is 0 Å². The summed E-state index contributed by atoms with van der Waals surface area (Å²) < 4.78 is 4.71. The Morgan fingerprint density at radius 2 is 2.05 bits per heavy atom. The van der Waals surface area contributed by atoms with Crippen molar-refractivity contribution in [2.75, 3.05) is 37.7 Å². The molecule has 0 unspecified atom stereocenters. The van der Waals surface area contributed by atoms with Crippen molar-refractivity contribution in [1.82, 2.24) is 0 Å². The van der Waals surface area contributed by atoms with E-state index in [1.54, 1.807) is 25.1 Å². The lowest BCUT2D eigenvalue weighted by Crippen LogP contribution is -2.19. The Labute approximate surface area is 117 Å². The summed E-state index contributed by atoms with van der Waals surface area (Å²) in [4.78, 5) is 29.3. The number of nitrogens with one attached hydrogen (secondary N) is 1. The van der Waals surface area contributed by atoms with Crippen molar-refractivity contribution < 1.29 is 19.2 Å². The van der Waals surface area contributed by atoms with Crippen LogP contribution in [0.3, 0.4) is 0 Å². The molecule has 1 aromatic carbocycles. The first-order valence-corrected chi connectivity index (χ1v) is 6.10. The van der Waals surface area contributed by atoms with E-state index in [1.165, 1.54) is 0 Å². The number of carbonyl (C=O) groups excluding carboxylic acids is 2. The first-order valence-electron chi connectivity index (χ1n) is 6.10. The number of hydrogen-bond acceptors (Lipinski definition) is 6. The second-order valence-corrected chi connectivity index (χ2v) is 4.18. The molecule has 1 aromatic rings. The van der Waals surface area contributed by atoms with Crippen molar-refractivity contribution in [3.05, 3.63) is 23.8 Å². The third-order valence-electron chi connectivity index (χ3n) is 2.46. The number of rotatable bonds is 7. The first-order chi connectivity index (χ1) is 9.45. The summed E-state index contributed by atoms with van der Waals surface area (Å²) in [5.41, 5.74) is 9.35. The van der Waals surface area contributed by atoms with Crippen LogP contribution in [0.2, 0.25) is 0 Å². The molecule has 0 aliphatic heterocycles. The molecular formula is C13H19N3O4. The number of nitrogens with two attached hydrogens (primary N) is 1. The fraction of sp³-hybridized carbons (Fsp3) is 0.385. The number of esters is 1. The van der Waals surface area contributed by atoms with Crippen LogP contribution in [0.25, 0.3) is 0 Å². The van der Waals surface area contributed by atoms with Gasteiger partial charge in [0.25, 0.3) is 5.91 Å². The average molecular weight is 281 g/mol. The van der Waals surface area contributed by atoms with E-state index in [2.05, 4.69) is 5.48 Å². The van der Waals surface area contributed by atoms with E-state index >= 15 is 0 Å². The maximum absolute atomic E-state index is 11.4. The van der Waals surface area contributed by atoms with Crippen LogP contribution in [-0.2, 0) is 14.4 Å². The third-order valence-corrected chi connectivity index (χ3v) is 2.46. The zero-order chi connectivity index (χ0) is 15.1. The summed E-state index contributed by atoms with van der Waals surface area (Å²) in [5, 5.41) is 0. The fourth-order valence-corrected chi connectivity index (χ4v) is 1.48. The number of amides is 1. The van der Waals surface area contributed by atoms with Crippen molar-refractivity contribution in [3.63, 3.8) is 0 Å². The molecule has 1 amide bonds. The van der Waals surface area contributed by atoms with E-state index in [1.807, 2.05) is 19.0 Å². The predicted octanol–water partition coefficient (Wildman–Crippen LogP) is 0.758. The summed E-state index contributed by atoms with van der Waals surface area (Å²) in [6.45, 7) is 1.73. The van der Waals surface area contributed by atoms with E-state index in [9.17, 15) is 9.59 Å². The molecule has 110 valence electrons. The fourth-order valence-electron chi connectivity index (χ4n) is 1.48. The summed E-state index contributed by atoms with van der Waals surface area (Å²) in [6.07, 6.45) is 0. The molecule has 20 heavy (non-hydrogen) atoms. The maximum Gasteiger partial charge on any atom is 0.334 e. The highest BCUT2D eigenvalue weighted by Gasteiger charge is 2.11. The van der Waals surface area contributed by atoms with Crippen LogP contribution in [0.15, 0.2) is 18.2 Å². The topological polar surface area (TPSA) is 93.9 Å². The van der Waals surface area contributed by atoms with Crippen LogP contribution in [-0.4, -0.2) is 39.2 Å². The normalized spacial score (nSPS) is 9.95. The summed E-state index contributed by atoms with van der Waals surface area (Å²) >= 11 is 0. The second kappa shape index (κ2) is 7.34. The zero-order valence-corrected chi connectivity index (χ0v) is 11.8. The number of primary amides is 1. The van der Waals surface area contributed by atoms with E-state index in [4.69, 9.17) is 15.3 Å². The van der Waals surface area contributed by atoms with E-state index in [0.717, 1.165) is 5.69 Å². The molecule has 0 aliphatic rings. The van der Waals surface area contributed by atoms with Gasteiger partial charge in [-0.2, -0.15) is 0 Å². The van der Waals surface area contributed by atoms with Crippen LogP contribution in [0.1, 0.15) is 17.3 Å². The van der Waals surface area contributed by atoms with Crippen molar-refractivity contribution in [3.8, 4) is 0 Å². The number of benzene rings is 1. The molecular weight excluding hydrogens is 262 g/mol. The molecule has 0 fully saturated rings. The molecule has 0 saturated carbocycles. The van der Waals surface area contributed by atoms with Gasteiger partial charge in [0.15, 0.2) is 6.61 Å². The number of hydrogen-bond donors (Lipinski definition) is 2. The van der Waals surface area contributed by atoms with Crippen molar-refractivity contribution in [2.45, 2.75) is 6.92 Å². The molecule has 0 spiro atoms. The van der Waals surface area contributed by atoms with Crippen molar-refractivity contribution >= 4 is 23.3 Å². The summed E-state index contributed by atoms with van der Waals surface area (Å²) in [7, 11) is 3.70. The zero-order valence-electron chi connectivity index (χ0n) is 11.8. The van der Waals surface area contributed by atoms with Gasteiger partial charge in [0.05, 0.1) is 17.9 Å². The molecule has 7 nitrogen and oxygen atoms in total. The monoisotopic (exact) mass is 281 g/mol. The van der Waals surface area contributed by atoms with Crippen LogP contribution in [0, 0.1) is 0 Å². The van der Waals surface area contributed by atoms with E-state index in [0.29, 0.717) is 5.69 Å². The highest BCUT2D eigenvalue weighted by Crippen LogP contribution is 2.21. The van der Waals surface area contributed by atoms with Gasteiger partial charge in [0, 0.05) is 19.8 Å². The van der Waals surface area contributed by atoms with Crippen LogP contribution >= 0.6 is 0 Å². The Bertz CT molecular complexity index is 489. The average Bonchev–Trinajstić information content (AvgIpc) is 2.38. The number of ether oxygens (including phenoxy) is 1. The Balaban J connectivity index is 2.74. The minimum Gasteiger partial charge on any atom is -0.464 e. The van der Waals surface area contributed by atoms with Gasteiger partial charge in [-0.1, -0.05) is 0 Å². The quantitative estimate of drug-likeness (QED) is 0.566. The van der Waals surface area contributed by atoms with E-state index in [-0.39, 0.29) is 18.8 Å². The first kappa shape index (κ1) is 15.8. The lowest BCUT2D eigenvalue weighted by molar-refractivity contribution is -0.147. The Hall–Kier alpha value is -2.28. The highest BCUT2D eigenvalue weighted by molar-refractivity contribution is 5.99. The molecule has 7 heteroatoms. The second-order valence-electron chi connectivity index (χ2n) is 4.18. The van der Waals surface area contributed by atoms with Gasteiger partial charge >= 0.3 is 5.97 Å².